The van der Waals surface area contributed by atoms with Gasteiger partial charge in [0, 0.05) is 17.7 Å². The molecule has 4 aromatic rings. The summed E-state index contributed by atoms with van der Waals surface area (Å²) in [6, 6.07) is 20.9. The van der Waals surface area contributed by atoms with Gasteiger partial charge in [-0.1, -0.05) is 102 Å². The highest BCUT2D eigenvalue weighted by Gasteiger charge is 2.31. The largest absolute Gasteiger partial charge is 0.493 e. The summed E-state index contributed by atoms with van der Waals surface area (Å²) in [4.78, 5) is 55.1. The summed E-state index contributed by atoms with van der Waals surface area (Å²) in [6.07, 6.45) is 3.80. The summed E-state index contributed by atoms with van der Waals surface area (Å²) in [5.74, 6) is -0.420. The summed E-state index contributed by atoms with van der Waals surface area (Å²) in [5, 5.41) is 22.7. The van der Waals surface area contributed by atoms with Crippen molar-refractivity contribution in [2.45, 2.75) is 111 Å². The van der Waals surface area contributed by atoms with Gasteiger partial charge in [-0.2, -0.15) is 0 Å². The Hall–Kier alpha value is -5.89. The van der Waals surface area contributed by atoms with Gasteiger partial charge in [0.1, 0.15) is 29.6 Å². The lowest BCUT2D eigenvalue weighted by Gasteiger charge is -2.26. The summed E-state index contributed by atoms with van der Waals surface area (Å²) in [5.41, 5.74) is 12.9. The minimum absolute atomic E-state index is 0.0583. The molecule has 0 aliphatic carbocycles. The Morgan fingerprint density at radius 1 is 0.609 bits per heavy atom. The molecule has 4 rings (SSSR count). The van der Waals surface area contributed by atoms with Gasteiger partial charge < -0.3 is 46.9 Å². The number of nitrogens with one attached hydrogen (secondary N) is 5. The molecule has 0 unspecified atom stereocenters. The molecule has 0 radical (unpaired) electrons. The molecule has 9 N–H and O–H groups in total. The highest BCUT2D eigenvalue weighted by molar-refractivity contribution is 6.10. The third-order valence-electron chi connectivity index (χ3n) is 10.8. The van der Waals surface area contributed by atoms with Crippen LogP contribution in [-0.2, 0) is 23.9 Å². The summed E-state index contributed by atoms with van der Waals surface area (Å²) < 4.78 is 18.4. The van der Waals surface area contributed by atoms with Crippen LogP contribution in [-0.4, -0.2) is 80.7 Å². The van der Waals surface area contributed by atoms with Gasteiger partial charge in [-0.25, -0.2) is 4.79 Å². The van der Waals surface area contributed by atoms with Crippen molar-refractivity contribution in [2.75, 3.05) is 32.9 Å². The number of ether oxygens (including phenoxy) is 3. The van der Waals surface area contributed by atoms with Crippen molar-refractivity contribution in [1.82, 2.24) is 21.3 Å². The molecule has 0 aliphatic heterocycles. The molecule has 0 saturated heterocycles. The van der Waals surface area contributed by atoms with Crippen molar-refractivity contribution >= 4 is 51.2 Å². The standard InChI is InChI=1S/C50H71N7O7/c1-32(2)24-28-62-42-22-20-35-14-7-9-16-37(35)45(42)46-38-17-10-8-15-36(38)21-23-43(46)64-31-44(58)55-39(18-11-12-26-51)47(59)56-40(19-13-27-54-50(52)53)48(60)57-41(30-34(5)6)49(61)63-29-25-33(3)4/h7-10,14-17,20-23,32-34,39-41H,11-13,18-19,24-31,51H2,1-6H3,(H,55,58)(H,56,59)(H,57,60)(H4,52,53,54)/t39-,40-,41+/m1/s1. The molecular weight excluding hydrogens is 811 g/mol. The number of rotatable bonds is 27. The maximum absolute atomic E-state index is 14.1. The number of carbonyl (C=O) groups excluding carboxylic acids is 4. The molecule has 0 spiro atoms. The molecule has 0 heterocycles. The molecule has 0 saturated carbocycles. The zero-order valence-corrected chi connectivity index (χ0v) is 38.6. The topological polar surface area (TPSA) is 220 Å². The summed E-state index contributed by atoms with van der Waals surface area (Å²) in [7, 11) is 0. The van der Waals surface area contributed by atoms with Crippen LogP contribution in [0.15, 0.2) is 72.8 Å². The number of nitrogens with two attached hydrogens (primary N) is 2. The van der Waals surface area contributed by atoms with Gasteiger partial charge in [0.2, 0.25) is 11.8 Å². The highest BCUT2D eigenvalue weighted by atomic mass is 16.5. The zero-order valence-electron chi connectivity index (χ0n) is 38.6. The van der Waals surface area contributed by atoms with Crippen LogP contribution < -0.4 is 42.2 Å². The van der Waals surface area contributed by atoms with Crippen molar-refractivity contribution in [3.8, 4) is 22.6 Å². The van der Waals surface area contributed by atoms with E-state index < -0.39 is 48.4 Å². The van der Waals surface area contributed by atoms with Gasteiger partial charge in [0.15, 0.2) is 12.6 Å². The molecule has 348 valence electrons. The number of unbranched alkanes of at least 4 members (excludes halogenated alkanes) is 1. The van der Waals surface area contributed by atoms with Crippen molar-refractivity contribution < 1.29 is 33.4 Å². The summed E-state index contributed by atoms with van der Waals surface area (Å²) in [6.45, 7) is 13.3. The minimum Gasteiger partial charge on any atom is -0.493 e. The molecule has 4 aromatic carbocycles. The molecule has 3 atom stereocenters. The van der Waals surface area contributed by atoms with E-state index >= 15 is 0 Å². The second-order valence-corrected chi connectivity index (χ2v) is 17.6. The SMILES string of the molecule is CC(C)CCOC(=O)[C@H](CC(C)C)NC(=O)[C@@H](CCCNC(=N)N)NC(=O)[C@@H](CCCCN)NC(=O)COc1ccc2ccccc2c1-c1c(OCCC(C)C)ccc2ccccc12. The molecule has 3 amide bonds. The number of hydrogen-bond acceptors (Lipinski definition) is 9. The first-order valence-corrected chi connectivity index (χ1v) is 22.8. The lowest BCUT2D eigenvalue weighted by atomic mass is 9.92. The van der Waals surface area contributed by atoms with E-state index in [1.54, 1.807) is 0 Å². The molecule has 0 fully saturated rings. The quantitative estimate of drug-likeness (QED) is 0.0142. The van der Waals surface area contributed by atoms with Crippen molar-refractivity contribution in [1.29, 1.82) is 5.41 Å². The lowest BCUT2D eigenvalue weighted by Crippen LogP contribution is -2.56. The first-order chi connectivity index (χ1) is 30.7. The van der Waals surface area contributed by atoms with Crippen LogP contribution in [0.25, 0.3) is 32.7 Å². The Labute approximate surface area is 378 Å². The fraction of sp³-hybridized carbons (Fsp3) is 0.500. The summed E-state index contributed by atoms with van der Waals surface area (Å²) >= 11 is 0. The second kappa shape index (κ2) is 26.0. The third kappa shape index (κ3) is 16.0. The van der Waals surface area contributed by atoms with E-state index in [4.69, 9.17) is 31.1 Å². The number of hydrogen-bond donors (Lipinski definition) is 7. The van der Waals surface area contributed by atoms with Gasteiger partial charge in [0.05, 0.1) is 13.2 Å². The molecule has 14 heteroatoms. The van der Waals surface area contributed by atoms with Gasteiger partial charge in [-0.05, 0) is 109 Å². The first kappa shape index (κ1) is 50.8. The monoisotopic (exact) mass is 882 g/mol. The van der Waals surface area contributed by atoms with E-state index in [-0.39, 0.29) is 37.9 Å². The van der Waals surface area contributed by atoms with Gasteiger partial charge >= 0.3 is 5.97 Å². The van der Waals surface area contributed by atoms with E-state index in [1.807, 2.05) is 88.4 Å². The number of benzene rings is 4. The maximum Gasteiger partial charge on any atom is 0.328 e. The normalized spacial score (nSPS) is 12.8. The van der Waals surface area contributed by atoms with E-state index in [0.717, 1.165) is 39.1 Å². The highest BCUT2D eigenvalue weighted by Crippen LogP contribution is 2.45. The van der Waals surface area contributed by atoms with Crippen LogP contribution >= 0.6 is 0 Å². The second-order valence-electron chi connectivity index (χ2n) is 17.6. The Balaban J connectivity index is 1.60. The minimum atomic E-state index is -1.08. The Kier molecular flexibility index (Phi) is 20.6. The molecule has 0 aliphatic rings. The van der Waals surface area contributed by atoms with E-state index in [1.165, 1.54) is 0 Å². The van der Waals surface area contributed by atoms with Crippen LogP contribution in [0, 0.1) is 23.2 Å². The van der Waals surface area contributed by atoms with Crippen molar-refractivity contribution in [3.63, 3.8) is 0 Å². The number of guanidine groups is 1. The fourth-order valence-electron chi connectivity index (χ4n) is 7.33. The number of esters is 1. The van der Waals surface area contributed by atoms with Gasteiger partial charge in [0.25, 0.3) is 5.91 Å². The number of fused-ring (bicyclic) bond motifs is 2. The van der Waals surface area contributed by atoms with Crippen LogP contribution in [0.4, 0.5) is 0 Å². The van der Waals surface area contributed by atoms with Crippen molar-refractivity contribution in [2.24, 2.45) is 29.2 Å². The smallest absolute Gasteiger partial charge is 0.328 e. The van der Waals surface area contributed by atoms with Crippen LogP contribution in [0.3, 0.4) is 0 Å². The average Bonchev–Trinajstić information content (AvgIpc) is 3.25. The zero-order chi connectivity index (χ0) is 46.6. The van der Waals surface area contributed by atoms with E-state index in [0.29, 0.717) is 68.6 Å². The maximum atomic E-state index is 14.1. The molecular formula is C50H71N7O7. The van der Waals surface area contributed by atoms with Gasteiger partial charge in [-0.15, -0.1) is 0 Å². The molecule has 0 aromatic heterocycles. The van der Waals surface area contributed by atoms with Crippen molar-refractivity contribution in [3.05, 3.63) is 72.8 Å². The fourth-order valence-corrected chi connectivity index (χ4v) is 7.33. The molecule has 14 nitrogen and oxygen atoms in total. The Bertz CT molecular complexity index is 2160. The van der Waals surface area contributed by atoms with Crippen LogP contribution in [0.5, 0.6) is 11.5 Å². The average molecular weight is 882 g/mol. The molecule has 64 heavy (non-hydrogen) atoms. The Morgan fingerprint density at radius 2 is 1.14 bits per heavy atom. The van der Waals surface area contributed by atoms with E-state index in [9.17, 15) is 19.2 Å². The predicted octanol–water partition coefficient (Wildman–Crippen LogP) is 6.95. The first-order valence-electron chi connectivity index (χ1n) is 22.8. The van der Waals surface area contributed by atoms with E-state index in [2.05, 4.69) is 47.2 Å². The van der Waals surface area contributed by atoms with Crippen LogP contribution in [0.1, 0.15) is 92.9 Å². The predicted molar refractivity (Wildman–Crippen MR) is 255 cm³/mol. The number of carbonyl (C=O) groups is 4. The number of amides is 3. The third-order valence-corrected chi connectivity index (χ3v) is 10.8. The van der Waals surface area contributed by atoms with Gasteiger partial charge in [-0.3, -0.25) is 19.8 Å². The van der Waals surface area contributed by atoms with Crippen LogP contribution in [0.2, 0.25) is 0 Å². The molecule has 0 bridgehead atoms. The lowest BCUT2D eigenvalue weighted by molar-refractivity contribution is -0.149. The Morgan fingerprint density at radius 3 is 1.70 bits per heavy atom.